The monoisotopic (exact) mass is 260 g/mol. The van der Waals surface area contributed by atoms with Gasteiger partial charge in [0.15, 0.2) is 5.88 Å². The van der Waals surface area contributed by atoms with Gasteiger partial charge in [0.1, 0.15) is 5.76 Å². The van der Waals surface area contributed by atoms with Crippen molar-refractivity contribution in [3.05, 3.63) is 17.9 Å². The Morgan fingerprint density at radius 2 is 1.74 bits per heavy atom. The molecule has 19 heavy (non-hydrogen) atoms. The van der Waals surface area contributed by atoms with E-state index in [4.69, 9.17) is 10.2 Å². The Bertz CT molecular complexity index is 439. The Morgan fingerprint density at radius 3 is 2.26 bits per heavy atom. The predicted molar refractivity (Wildman–Crippen MR) is 75.8 cm³/mol. The van der Waals surface area contributed by atoms with E-state index in [1.807, 2.05) is 6.07 Å². The second kappa shape index (κ2) is 4.27. The molecular formula is C16H24N2O. The number of rotatable bonds is 3. The first-order valence-electron chi connectivity index (χ1n) is 7.76. The maximum absolute atomic E-state index is 5.85. The normalized spacial score (nSPS) is 39.8. The highest BCUT2D eigenvalue weighted by molar-refractivity contribution is 5.38. The Labute approximate surface area is 115 Å². The summed E-state index contributed by atoms with van der Waals surface area (Å²) in [7, 11) is 2.21. The maximum Gasteiger partial charge on any atom is 0.195 e. The molecule has 4 aliphatic rings. The van der Waals surface area contributed by atoms with E-state index in [2.05, 4.69) is 18.0 Å². The molecule has 0 spiro atoms. The van der Waals surface area contributed by atoms with Crippen molar-refractivity contribution in [3.63, 3.8) is 0 Å². The standard InChI is InChI=1S/C16H24N2O/c1-18(15-3-2-14(9-17)19-15)16-12-5-10-4-11(7-12)8-13(16)6-10/h2-3,10-13,16H,4-9,17H2,1H3. The fourth-order valence-corrected chi connectivity index (χ4v) is 5.34. The fourth-order valence-electron chi connectivity index (χ4n) is 5.34. The van der Waals surface area contributed by atoms with Gasteiger partial charge in [0.2, 0.25) is 0 Å². The van der Waals surface area contributed by atoms with Gasteiger partial charge in [0.25, 0.3) is 0 Å². The lowest BCUT2D eigenvalue weighted by Crippen LogP contribution is -2.55. The van der Waals surface area contributed by atoms with E-state index in [0.29, 0.717) is 12.6 Å². The van der Waals surface area contributed by atoms with Crippen LogP contribution in [0.3, 0.4) is 0 Å². The summed E-state index contributed by atoms with van der Waals surface area (Å²) in [6, 6.07) is 4.80. The van der Waals surface area contributed by atoms with Gasteiger partial charge in [-0.2, -0.15) is 0 Å². The molecule has 3 heteroatoms. The van der Waals surface area contributed by atoms with Crippen molar-refractivity contribution in [2.45, 2.75) is 44.7 Å². The van der Waals surface area contributed by atoms with Gasteiger partial charge in [0, 0.05) is 19.2 Å². The predicted octanol–water partition coefficient (Wildman–Crippen LogP) is 3.00. The number of hydrogen-bond acceptors (Lipinski definition) is 3. The van der Waals surface area contributed by atoms with E-state index >= 15 is 0 Å². The van der Waals surface area contributed by atoms with Crippen LogP contribution in [-0.2, 0) is 6.54 Å². The van der Waals surface area contributed by atoms with Gasteiger partial charge >= 0.3 is 0 Å². The summed E-state index contributed by atoms with van der Waals surface area (Å²) < 4.78 is 5.85. The van der Waals surface area contributed by atoms with Crippen LogP contribution < -0.4 is 10.6 Å². The molecule has 104 valence electrons. The van der Waals surface area contributed by atoms with Crippen molar-refractivity contribution in [2.75, 3.05) is 11.9 Å². The molecule has 4 saturated carbocycles. The summed E-state index contributed by atoms with van der Waals surface area (Å²) >= 11 is 0. The van der Waals surface area contributed by atoms with Gasteiger partial charge in [-0.25, -0.2) is 0 Å². The molecule has 1 aromatic heterocycles. The Morgan fingerprint density at radius 1 is 1.11 bits per heavy atom. The highest BCUT2D eigenvalue weighted by Crippen LogP contribution is 2.55. The second-order valence-electron chi connectivity index (χ2n) is 6.98. The molecule has 0 radical (unpaired) electrons. The van der Waals surface area contributed by atoms with E-state index in [0.717, 1.165) is 35.3 Å². The van der Waals surface area contributed by atoms with Gasteiger partial charge < -0.3 is 15.1 Å². The van der Waals surface area contributed by atoms with E-state index in [1.165, 1.54) is 32.1 Å². The van der Waals surface area contributed by atoms with Gasteiger partial charge in [-0.05, 0) is 61.8 Å². The maximum atomic E-state index is 5.85. The second-order valence-corrected chi connectivity index (χ2v) is 6.98. The van der Waals surface area contributed by atoms with Crippen LogP contribution in [0.2, 0.25) is 0 Å². The lowest BCUT2D eigenvalue weighted by atomic mass is 9.54. The molecule has 5 rings (SSSR count). The van der Waals surface area contributed by atoms with Crippen molar-refractivity contribution in [2.24, 2.45) is 29.4 Å². The number of nitrogens with zero attached hydrogens (tertiary/aromatic N) is 1. The zero-order valence-electron chi connectivity index (χ0n) is 11.7. The van der Waals surface area contributed by atoms with Crippen molar-refractivity contribution in [1.82, 2.24) is 0 Å². The van der Waals surface area contributed by atoms with Gasteiger partial charge in [0.05, 0.1) is 6.54 Å². The van der Waals surface area contributed by atoms with Crippen LogP contribution in [0.15, 0.2) is 16.5 Å². The van der Waals surface area contributed by atoms with E-state index in [1.54, 1.807) is 0 Å². The average molecular weight is 260 g/mol. The molecule has 0 aliphatic heterocycles. The van der Waals surface area contributed by atoms with Crippen LogP contribution in [0.5, 0.6) is 0 Å². The number of anilines is 1. The minimum absolute atomic E-state index is 0.496. The van der Waals surface area contributed by atoms with Crippen LogP contribution in [0.25, 0.3) is 0 Å². The van der Waals surface area contributed by atoms with Crippen molar-refractivity contribution >= 4 is 5.88 Å². The SMILES string of the molecule is CN(c1ccc(CN)o1)C1C2CC3CC(C2)CC1C3. The minimum Gasteiger partial charge on any atom is -0.444 e. The van der Waals surface area contributed by atoms with E-state index in [-0.39, 0.29) is 0 Å². The summed E-state index contributed by atoms with van der Waals surface area (Å²) in [6.07, 6.45) is 7.32. The van der Waals surface area contributed by atoms with Crippen molar-refractivity contribution in [1.29, 1.82) is 0 Å². The lowest BCUT2D eigenvalue weighted by molar-refractivity contribution is -0.00226. The first-order valence-corrected chi connectivity index (χ1v) is 7.76. The smallest absolute Gasteiger partial charge is 0.195 e. The fraction of sp³-hybridized carbons (Fsp3) is 0.750. The summed E-state index contributed by atoms with van der Waals surface area (Å²) in [5.41, 5.74) is 5.65. The number of furan rings is 1. The molecule has 3 nitrogen and oxygen atoms in total. The molecule has 4 aliphatic carbocycles. The summed E-state index contributed by atoms with van der Waals surface area (Å²) in [5, 5.41) is 0. The minimum atomic E-state index is 0.496. The van der Waals surface area contributed by atoms with Crippen LogP contribution in [0, 0.1) is 23.7 Å². The lowest BCUT2D eigenvalue weighted by Gasteiger charge is -2.56. The Kier molecular flexibility index (Phi) is 2.66. The summed E-state index contributed by atoms with van der Waals surface area (Å²) in [5.74, 6) is 5.76. The average Bonchev–Trinajstić information content (AvgIpc) is 2.86. The van der Waals surface area contributed by atoms with Crippen LogP contribution in [0.4, 0.5) is 5.88 Å². The van der Waals surface area contributed by atoms with Gasteiger partial charge in [-0.1, -0.05) is 0 Å². The zero-order chi connectivity index (χ0) is 13.0. The first kappa shape index (κ1) is 11.8. The molecule has 0 saturated heterocycles. The summed E-state index contributed by atoms with van der Waals surface area (Å²) in [6.45, 7) is 0.496. The quantitative estimate of drug-likeness (QED) is 0.908. The molecule has 0 atom stereocenters. The molecule has 0 amide bonds. The third-order valence-corrected chi connectivity index (χ3v) is 5.82. The van der Waals surface area contributed by atoms with E-state index in [9.17, 15) is 0 Å². The van der Waals surface area contributed by atoms with E-state index < -0.39 is 0 Å². The Hall–Kier alpha value is -0.960. The molecule has 0 unspecified atom stereocenters. The molecule has 0 aromatic carbocycles. The molecule has 4 fully saturated rings. The summed E-state index contributed by atoms with van der Waals surface area (Å²) in [4.78, 5) is 2.41. The van der Waals surface area contributed by atoms with Crippen molar-refractivity contribution in [3.8, 4) is 0 Å². The van der Waals surface area contributed by atoms with Gasteiger partial charge in [-0.3, -0.25) is 0 Å². The van der Waals surface area contributed by atoms with Gasteiger partial charge in [-0.15, -0.1) is 0 Å². The first-order chi connectivity index (χ1) is 9.24. The third kappa shape index (κ3) is 1.82. The number of hydrogen-bond donors (Lipinski definition) is 1. The number of nitrogens with two attached hydrogens (primary N) is 1. The molecule has 2 N–H and O–H groups in total. The topological polar surface area (TPSA) is 42.4 Å². The van der Waals surface area contributed by atoms with Crippen LogP contribution in [0.1, 0.15) is 37.9 Å². The highest BCUT2D eigenvalue weighted by atomic mass is 16.4. The molecular weight excluding hydrogens is 236 g/mol. The van der Waals surface area contributed by atoms with Crippen molar-refractivity contribution < 1.29 is 4.42 Å². The molecule has 4 bridgehead atoms. The molecule has 1 aromatic rings. The largest absolute Gasteiger partial charge is 0.444 e. The molecule has 1 heterocycles. The third-order valence-electron chi connectivity index (χ3n) is 5.82. The van der Waals surface area contributed by atoms with Crippen LogP contribution in [-0.4, -0.2) is 13.1 Å². The van der Waals surface area contributed by atoms with Crippen LogP contribution >= 0.6 is 0 Å². The zero-order valence-corrected chi connectivity index (χ0v) is 11.7. The Balaban J connectivity index is 1.58. The highest BCUT2D eigenvalue weighted by Gasteiger charge is 2.49.